The number of rotatable bonds is 5. The summed E-state index contributed by atoms with van der Waals surface area (Å²) in [5.41, 5.74) is 5.30. The van der Waals surface area contributed by atoms with Crippen LogP contribution in [0.2, 0.25) is 0 Å². The van der Waals surface area contributed by atoms with Crippen LogP contribution in [-0.2, 0) is 25.6 Å². The van der Waals surface area contributed by atoms with Crippen LogP contribution in [0.3, 0.4) is 0 Å². The summed E-state index contributed by atoms with van der Waals surface area (Å²) in [6.45, 7) is 8.15. The van der Waals surface area contributed by atoms with Gasteiger partial charge in [0.15, 0.2) is 0 Å². The lowest BCUT2D eigenvalue weighted by Gasteiger charge is -2.15. The number of aryl methyl sites for hydroxylation is 2. The molecule has 0 radical (unpaired) electrons. The van der Waals surface area contributed by atoms with Crippen molar-refractivity contribution in [3.8, 4) is 0 Å². The number of hydrogen-bond donors (Lipinski definition) is 5. The van der Waals surface area contributed by atoms with Crippen LogP contribution in [0.15, 0.2) is 48.7 Å². The molecule has 198 valence electrons. The summed E-state index contributed by atoms with van der Waals surface area (Å²) in [5.74, 6) is -3.97. The van der Waals surface area contributed by atoms with E-state index < -0.39 is 18.0 Å². The Morgan fingerprint density at radius 2 is 1.59 bits per heavy atom. The van der Waals surface area contributed by atoms with Gasteiger partial charge >= 0.3 is 11.9 Å². The minimum Gasteiger partial charge on any atom is -0.473 e. The summed E-state index contributed by atoms with van der Waals surface area (Å²) >= 11 is 0. The lowest BCUT2D eigenvalue weighted by Crippen LogP contribution is -2.39. The van der Waals surface area contributed by atoms with Crippen molar-refractivity contribution < 1.29 is 34.5 Å². The number of carbonyl (C=O) groups is 4. The van der Waals surface area contributed by atoms with Gasteiger partial charge in [-0.3, -0.25) is 9.59 Å². The van der Waals surface area contributed by atoms with E-state index in [1.807, 2.05) is 37.4 Å². The number of amides is 2. The molecular weight excluding hydrogens is 478 g/mol. The quantitative estimate of drug-likeness (QED) is 0.258. The first kappa shape index (κ1) is 29.2. The van der Waals surface area contributed by atoms with Crippen LogP contribution in [0, 0.1) is 13.8 Å². The van der Waals surface area contributed by atoms with Gasteiger partial charge in [-0.25, -0.2) is 14.5 Å². The van der Waals surface area contributed by atoms with Crippen molar-refractivity contribution in [1.82, 2.24) is 10.3 Å². The largest absolute Gasteiger partial charge is 0.473 e. The zero-order chi connectivity index (χ0) is 27.7. The van der Waals surface area contributed by atoms with Crippen molar-refractivity contribution >= 4 is 40.3 Å². The molecule has 1 unspecified atom stereocenters. The number of anilines is 1. The monoisotopic (exact) mass is 511 g/mol. The van der Waals surface area contributed by atoms with Crippen molar-refractivity contribution in [1.29, 1.82) is 0 Å². The van der Waals surface area contributed by atoms with E-state index in [4.69, 9.17) is 24.9 Å². The van der Waals surface area contributed by atoms with Gasteiger partial charge in [0.2, 0.25) is 5.91 Å². The molecule has 2 aromatic carbocycles. The molecule has 3 aromatic rings. The Morgan fingerprint density at radius 3 is 2.16 bits per heavy atom. The number of aromatic nitrogens is 1. The number of nitrogens with zero attached hydrogens (tertiary/aromatic N) is 1. The maximum absolute atomic E-state index is 12.7. The Bertz CT molecular complexity index is 1230. The number of aromatic amines is 1. The molecule has 5 N–H and O–H groups in total. The van der Waals surface area contributed by atoms with Crippen LogP contribution in [0.5, 0.6) is 0 Å². The van der Waals surface area contributed by atoms with Crippen LogP contribution < -0.4 is 10.2 Å². The second-order valence-corrected chi connectivity index (χ2v) is 8.93. The van der Waals surface area contributed by atoms with Gasteiger partial charge in [-0.1, -0.05) is 29.3 Å². The van der Waals surface area contributed by atoms with E-state index in [9.17, 15) is 9.59 Å². The molecular formula is C27H33N3O7. The number of carboxylic acids is 2. The Morgan fingerprint density at radius 1 is 1.03 bits per heavy atom. The maximum atomic E-state index is 12.7. The molecule has 37 heavy (non-hydrogen) atoms. The predicted octanol–water partition coefficient (Wildman–Crippen LogP) is 2.79. The van der Waals surface area contributed by atoms with Gasteiger partial charge in [-0.2, -0.15) is 0 Å². The van der Waals surface area contributed by atoms with Crippen molar-refractivity contribution in [2.45, 2.75) is 52.7 Å². The topological polar surface area (TPSA) is 160 Å². The molecule has 1 aliphatic heterocycles. The highest BCUT2D eigenvalue weighted by molar-refractivity contribution is 6.27. The normalized spacial score (nSPS) is 14.8. The third-order valence-corrected chi connectivity index (χ3v) is 5.33. The smallest absolute Gasteiger partial charge is 0.414 e. The van der Waals surface area contributed by atoms with Crippen molar-refractivity contribution in [3.05, 3.63) is 65.4 Å². The molecule has 0 saturated carbocycles. The van der Waals surface area contributed by atoms with Crippen LogP contribution in [0.25, 0.3) is 10.9 Å². The summed E-state index contributed by atoms with van der Waals surface area (Å²) in [6, 6.07) is 13.4. The number of carboxylic acid groups (broad SMARTS) is 2. The molecule has 1 saturated heterocycles. The van der Waals surface area contributed by atoms with Crippen molar-refractivity contribution in [3.63, 3.8) is 0 Å². The first-order valence-corrected chi connectivity index (χ1v) is 11.8. The van der Waals surface area contributed by atoms with E-state index in [-0.39, 0.29) is 24.3 Å². The number of imide groups is 1. The number of carbonyl (C=O) groups excluding carboxylic acids is 2. The number of nitrogens with one attached hydrogen (secondary N) is 2. The second kappa shape index (κ2) is 13.3. The third-order valence-electron chi connectivity index (χ3n) is 5.33. The number of benzene rings is 2. The summed E-state index contributed by atoms with van der Waals surface area (Å²) in [5, 5.41) is 27.3. The number of fused-ring (bicyclic) bond motifs is 1. The SMILES string of the molecule is CC(C)O.Cc1ccc(N2C(=O)CC(NCCc3c[nH]c4ccc(C)cc34)C2=O)cc1.O=C(O)C(=O)O. The van der Waals surface area contributed by atoms with Gasteiger partial charge in [-0.05, 0) is 63.9 Å². The highest BCUT2D eigenvalue weighted by Crippen LogP contribution is 2.24. The molecule has 1 aromatic heterocycles. The van der Waals surface area contributed by atoms with E-state index in [0.29, 0.717) is 12.2 Å². The van der Waals surface area contributed by atoms with E-state index >= 15 is 0 Å². The zero-order valence-corrected chi connectivity index (χ0v) is 21.3. The molecule has 1 aliphatic rings. The van der Waals surface area contributed by atoms with Crippen molar-refractivity contribution in [2.75, 3.05) is 11.4 Å². The van der Waals surface area contributed by atoms with Gasteiger partial charge in [0.25, 0.3) is 5.91 Å². The van der Waals surface area contributed by atoms with Gasteiger partial charge in [0, 0.05) is 29.7 Å². The summed E-state index contributed by atoms with van der Waals surface area (Å²) in [7, 11) is 0. The lowest BCUT2D eigenvalue weighted by molar-refractivity contribution is -0.159. The molecule has 10 nitrogen and oxygen atoms in total. The Kier molecular flexibility index (Phi) is 10.5. The van der Waals surface area contributed by atoms with E-state index in [1.165, 1.54) is 21.4 Å². The fraction of sp³-hybridized carbons (Fsp3) is 0.333. The fourth-order valence-corrected chi connectivity index (χ4v) is 3.64. The molecule has 2 heterocycles. The summed E-state index contributed by atoms with van der Waals surface area (Å²) < 4.78 is 0. The van der Waals surface area contributed by atoms with Gasteiger partial charge in [0.05, 0.1) is 18.2 Å². The van der Waals surface area contributed by atoms with Crippen molar-refractivity contribution in [2.24, 2.45) is 0 Å². The molecule has 4 rings (SSSR count). The lowest BCUT2D eigenvalue weighted by atomic mass is 10.1. The number of aliphatic carboxylic acids is 2. The van der Waals surface area contributed by atoms with Crippen LogP contribution in [0.1, 0.15) is 37.0 Å². The Labute approximate surface area is 214 Å². The predicted molar refractivity (Wildman–Crippen MR) is 139 cm³/mol. The fourth-order valence-electron chi connectivity index (χ4n) is 3.64. The van der Waals surface area contributed by atoms with Gasteiger partial charge in [0.1, 0.15) is 0 Å². The third kappa shape index (κ3) is 8.55. The van der Waals surface area contributed by atoms with Crippen LogP contribution in [0.4, 0.5) is 5.69 Å². The number of hydrogen-bond acceptors (Lipinski definition) is 6. The molecule has 0 aliphatic carbocycles. The summed E-state index contributed by atoms with van der Waals surface area (Å²) in [4.78, 5) is 47.8. The number of aliphatic hydroxyl groups excluding tert-OH is 1. The van der Waals surface area contributed by atoms with E-state index in [0.717, 1.165) is 17.5 Å². The average molecular weight is 512 g/mol. The molecule has 1 fully saturated rings. The minimum atomic E-state index is -1.82. The first-order valence-electron chi connectivity index (χ1n) is 11.8. The maximum Gasteiger partial charge on any atom is 0.414 e. The summed E-state index contributed by atoms with van der Waals surface area (Å²) in [6.07, 6.45) is 2.86. The number of aliphatic hydroxyl groups is 1. The number of H-pyrrole nitrogens is 1. The van der Waals surface area contributed by atoms with E-state index in [1.54, 1.807) is 13.8 Å². The minimum absolute atomic E-state index is 0.149. The molecule has 0 bridgehead atoms. The molecule has 1 atom stereocenters. The van der Waals surface area contributed by atoms with Crippen LogP contribution >= 0.6 is 0 Å². The molecule has 0 spiro atoms. The highest BCUT2D eigenvalue weighted by Gasteiger charge is 2.39. The highest BCUT2D eigenvalue weighted by atomic mass is 16.4. The molecule has 2 amide bonds. The second-order valence-electron chi connectivity index (χ2n) is 8.93. The Balaban J connectivity index is 0.000000412. The zero-order valence-electron chi connectivity index (χ0n) is 21.3. The standard InChI is InChI=1S/C22H23N3O2.C3H8O.C2H2O4/c1-14-3-6-17(7-4-14)25-21(26)12-20(22(25)27)23-10-9-16-13-24-19-8-5-15(2)11-18(16)19;1-3(2)4;3-1(4)2(5)6/h3-8,11,13,20,23-24H,9-10,12H2,1-2H3;3-4H,1-2H3;(H,3,4)(H,5,6). The first-order chi connectivity index (χ1) is 17.4. The van der Waals surface area contributed by atoms with Gasteiger partial charge in [-0.15, -0.1) is 0 Å². The van der Waals surface area contributed by atoms with Gasteiger partial charge < -0.3 is 25.6 Å². The van der Waals surface area contributed by atoms with Crippen LogP contribution in [-0.4, -0.2) is 62.7 Å². The molecule has 10 heteroatoms. The van der Waals surface area contributed by atoms with E-state index in [2.05, 4.69) is 35.4 Å². The average Bonchev–Trinajstić information content (AvgIpc) is 3.34. The Hall–Kier alpha value is -4.02.